The summed E-state index contributed by atoms with van der Waals surface area (Å²) in [5, 5.41) is 7.51. The van der Waals surface area contributed by atoms with Gasteiger partial charge in [0, 0.05) is 41.3 Å². The minimum absolute atomic E-state index is 0.146. The van der Waals surface area contributed by atoms with E-state index in [1.165, 1.54) is 30.5 Å². The highest BCUT2D eigenvalue weighted by Crippen LogP contribution is 2.37. The minimum Gasteiger partial charge on any atom is -0.453 e. The van der Waals surface area contributed by atoms with Gasteiger partial charge in [0.05, 0.1) is 5.69 Å². The molecule has 0 atom stereocenters. The van der Waals surface area contributed by atoms with Crippen LogP contribution in [0.4, 0.5) is 14.6 Å². The van der Waals surface area contributed by atoms with Crippen molar-refractivity contribution in [3.8, 4) is 22.8 Å². The van der Waals surface area contributed by atoms with Gasteiger partial charge in [-0.2, -0.15) is 5.10 Å². The number of rotatable bonds is 6. The van der Waals surface area contributed by atoms with E-state index in [4.69, 9.17) is 16.3 Å². The van der Waals surface area contributed by atoms with Crippen LogP contribution in [0.25, 0.3) is 16.9 Å². The zero-order chi connectivity index (χ0) is 24.6. The molecule has 5 rings (SSSR count). The van der Waals surface area contributed by atoms with Crippen molar-refractivity contribution in [2.45, 2.75) is 4.90 Å². The van der Waals surface area contributed by atoms with E-state index >= 15 is 0 Å². The van der Waals surface area contributed by atoms with Gasteiger partial charge in [-0.05, 0) is 42.5 Å². The predicted octanol–water partition coefficient (Wildman–Crippen LogP) is 5.32. The summed E-state index contributed by atoms with van der Waals surface area (Å²) in [4.78, 5) is 3.33. The normalized spacial score (nSPS) is 11.5. The quantitative estimate of drug-likeness (QED) is 0.330. The molecule has 0 saturated heterocycles. The number of halogens is 3. The molecule has 0 radical (unpaired) electrons. The number of hydrogen-bond donors (Lipinski definition) is 1. The number of benzene rings is 2. The van der Waals surface area contributed by atoms with Gasteiger partial charge in [-0.1, -0.05) is 17.7 Å². The SMILES string of the molecule is O=S(=O)(Nc1cccnn1)c1cc(F)c(Oc2ccc(Cl)cc2-c2cccc3nccn23)cc1F. The molecular weight excluding hydrogens is 500 g/mol. The highest BCUT2D eigenvalue weighted by molar-refractivity contribution is 7.92. The first-order valence-electron chi connectivity index (χ1n) is 10.0. The lowest BCUT2D eigenvalue weighted by Crippen LogP contribution is -2.16. The summed E-state index contributed by atoms with van der Waals surface area (Å²) in [6.07, 6.45) is 4.69. The molecule has 0 spiro atoms. The Morgan fingerprint density at radius 3 is 2.60 bits per heavy atom. The zero-order valence-corrected chi connectivity index (χ0v) is 19.1. The molecule has 1 N–H and O–H groups in total. The van der Waals surface area contributed by atoms with Crippen LogP contribution in [0.3, 0.4) is 0 Å². The fourth-order valence-electron chi connectivity index (χ4n) is 3.42. The van der Waals surface area contributed by atoms with Gasteiger partial charge in [-0.15, -0.1) is 5.10 Å². The number of fused-ring (bicyclic) bond motifs is 1. The zero-order valence-electron chi connectivity index (χ0n) is 17.6. The number of hydrogen-bond acceptors (Lipinski definition) is 6. The van der Waals surface area contributed by atoms with Crippen LogP contribution in [0.15, 0.2) is 84.1 Å². The Balaban J connectivity index is 1.52. The number of nitrogens with zero attached hydrogens (tertiary/aromatic N) is 4. The van der Waals surface area contributed by atoms with Crippen molar-refractivity contribution >= 4 is 33.1 Å². The average Bonchev–Trinajstić information content (AvgIpc) is 3.32. The van der Waals surface area contributed by atoms with Crippen LogP contribution in [0.2, 0.25) is 5.02 Å². The summed E-state index contributed by atoms with van der Waals surface area (Å²) >= 11 is 6.19. The van der Waals surface area contributed by atoms with Crippen LogP contribution < -0.4 is 9.46 Å². The van der Waals surface area contributed by atoms with Gasteiger partial charge in [0.2, 0.25) is 0 Å². The number of ether oxygens (including phenoxy) is 1. The van der Waals surface area contributed by atoms with Crippen molar-refractivity contribution in [3.63, 3.8) is 0 Å². The molecule has 0 aliphatic rings. The van der Waals surface area contributed by atoms with Gasteiger partial charge in [0.25, 0.3) is 10.0 Å². The van der Waals surface area contributed by atoms with E-state index in [0.29, 0.717) is 34.1 Å². The first-order valence-corrected chi connectivity index (χ1v) is 11.9. The number of imidazole rings is 1. The Morgan fingerprint density at radius 2 is 1.80 bits per heavy atom. The van der Waals surface area contributed by atoms with Crippen LogP contribution >= 0.6 is 11.6 Å². The van der Waals surface area contributed by atoms with Crippen molar-refractivity contribution in [1.29, 1.82) is 0 Å². The summed E-state index contributed by atoms with van der Waals surface area (Å²) in [5.74, 6) is -2.80. The maximum atomic E-state index is 14.9. The van der Waals surface area contributed by atoms with Crippen LogP contribution in [-0.2, 0) is 10.0 Å². The summed E-state index contributed by atoms with van der Waals surface area (Å²) in [6, 6.07) is 14.0. The Bertz CT molecular complexity index is 1660. The van der Waals surface area contributed by atoms with Gasteiger partial charge in [0.1, 0.15) is 22.1 Å². The van der Waals surface area contributed by atoms with Crippen LogP contribution in [0.5, 0.6) is 11.5 Å². The molecule has 5 aromatic rings. The topological polar surface area (TPSA) is 98.5 Å². The van der Waals surface area contributed by atoms with E-state index in [-0.39, 0.29) is 11.6 Å². The maximum absolute atomic E-state index is 14.9. The van der Waals surface area contributed by atoms with Crippen molar-refractivity contribution in [2.24, 2.45) is 0 Å². The third kappa shape index (κ3) is 4.51. The summed E-state index contributed by atoms with van der Waals surface area (Å²) < 4.78 is 64.5. The van der Waals surface area contributed by atoms with Crippen molar-refractivity contribution < 1.29 is 21.9 Å². The van der Waals surface area contributed by atoms with Crippen LogP contribution in [0.1, 0.15) is 0 Å². The molecule has 3 heterocycles. The largest absolute Gasteiger partial charge is 0.453 e. The lowest BCUT2D eigenvalue weighted by molar-refractivity contribution is 0.433. The number of aromatic nitrogens is 4. The summed E-state index contributed by atoms with van der Waals surface area (Å²) in [6.45, 7) is 0. The maximum Gasteiger partial charge on any atom is 0.266 e. The Labute approximate surface area is 202 Å². The highest BCUT2D eigenvalue weighted by atomic mass is 35.5. The lowest BCUT2D eigenvalue weighted by atomic mass is 10.1. The molecule has 2 aromatic carbocycles. The molecule has 0 aliphatic carbocycles. The van der Waals surface area contributed by atoms with Gasteiger partial charge < -0.3 is 4.74 Å². The molecule has 0 aliphatic heterocycles. The molecule has 12 heteroatoms. The van der Waals surface area contributed by atoms with E-state index in [9.17, 15) is 17.2 Å². The summed E-state index contributed by atoms with van der Waals surface area (Å²) in [5.41, 5.74) is 1.79. The van der Waals surface area contributed by atoms with Gasteiger partial charge in [-0.25, -0.2) is 22.2 Å². The Morgan fingerprint density at radius 1 is 0.943 bits per heavy atom. The molecule has 0 amide bonds. The predicted molar refractivity (Wildman–Crippen MR) is 125 cm³/mol. The van der Waals surface area contributed by atoms with Crippen molar-refractivity contribution in [2.75, 3.05) is 4.72 Å². The Kier molecular flexibility index (Phi) is 5.79. The molecule has 0 bridgehead atoms. The third-order valence-corrected chi connectivity index (χ3v) is 6.56. The fraction of sp³-hybridized carbons (Fsp3) is 0. The third-order valence-electron chi connectivity index (χ3n) is 4.95. The van der Waals surface area contributed by atoms with Crippen LogP contribution in [-0.4, -0.2) is 28.0 Å². The first kappa shape index (κ1) is 22.7. The minimum atomic E-state index is -4.48. The van der Waals surface area contributed by atoms with Crippen molar-refractivity contribution in [3.05, 3.63) is 95.9 Å². The van der Waals surface area contributed by atoms with Crippen LogP contribution in [0, 0.1) is 11.6 Å². The second-order valence-corrected chi connectivity index (χ2v) is 9.32. The Hall–Kier alpha value is -4.09. The molecule has 35 heavy (non-hydrogen) atoms. The fourth-order valence-corrected chi connectivity index (χ4v) is 4.66. The van der Waals surface area contributed by atoms with Gasteiger partial charge in [-0.3, -0.25) is 9.12 Å². The molecule has 0 fully saturated rings. The average molecular weight is 514 g/mol. The summed E-state index contributed by atoms with van der Waals surface area (Å²) in [7, 11) is -4.48. The molecule has 3 aromatic heterocycles. The smallest absolute Gasteiger partial charge is 0.266 e. The van der Waals surface area contributed by atoms with E-state index < -0.39 is 32.3 Å². The van der Waals surface area contributed by atoms with E-state index in [1.54, 1.807) is 41.1 Å². The molecule has 8 nitrogen and oxygen atoms in total. The monoisotopic (exact) mass is 513 g/mol. The number of anilines is 1. The first-order chi connectivity index (χ1) is 16.8. The number of sulfonamides is 1. The standard InChI is InChI=1S/C23H14ClF2N5O3S/c24-14-6-7-19(15(11-14)18-3-1-5-23-27-9-10-31(18)23)34-20-12-17(26)21(13-16(20)25)35(32,33)30-22-4-2-8-28-29-22/h1-13H,(H,29,30). The van der Waals surface area contributed by atoms with Gasteiger partial charge >= 0.3 is 0 Å². The molecule has 0 saturated carbocycles. The van der Waals surface area contributed by atoms with Gasteiger partial charge in [0.15, 0.2) is 17.4 Å². The lowest BCUT2D eigenvalue weighted by Gasteiger charge is -2.15. The highest BCUT2D eigenvalue weighted by Gasteiger charge is 2.24. The van der Waals surface area contributed by atoms with E-state index in [0.717, 1.165) is 0 Å². The number of pyridine rings is 1. The second kappa shape index (κ2) is 8.93. The number of nitrogens with one attached hydrogen (secondary N) is 1. The molecule has 176 valence electrons. The van der Waals surface area contributed by atoms with Crippen molar-refractivity contribution in [1.82, 2.24) is 19.6 Å². The second-order valence-electron chi connectivity index (χ2n) is 7.24. The van der Waals surface area contributed by atoms with E-state index in [1.807, 2.05) is 0 Å². The van der Waals surface area contributed by atoms with E-state index in [2.05, 4.69) is 19.9 Å². The molecular formula is C23H14ClF2N5O3S. The molecule has 0 unspecified atom stereocenters.